The number of hydrogen-bond donors (Lipinski definition) is 3. The molecule has 1 aliphatic carbocycles. The summed E-state index contributed by atoms with van der Waals surface area (Å²) in [4.78, 5) is 43.7. The zero-order valence-corrected chi connectivity index (χ0v) is 15.1. The number of carbonyl (C=O) groups is 1. The zero-order chi connectivity index (χ0) is 19.3. The van der Waals surface area contributed by atoms with Gasteiger partial charge >= 0.3 is 5.69 Å². The summed E-state index contributed by atoms with van der Waals surface area (Å²) in [6.45, 7) is 0. The second-order valence-electron chi connectivity index (χ2n) is 7.19. The summed E-state index contributed by atoms with van der Waals surface area (Å²) in [7, 11) is 0. The van der Waals surface area contributed by atoms with Crippen molar-refractivity contribution in [2.24, 2.45) is 5.73 Å². The lowest BCUT2D eigenvalue weighted by Crippen LogP contribution is -2.24. The van der Waals surface area contributed by atoms with Gasteiger partial charge < -0.3 is 15.7 Å². The van der Waals surface area contributed by atoms with Gasteiger partial charge in [0.2, 0.25) is 0 Å². The molecule has 0 bridgehead atoms. The van der Waals surface area contributed by atoms with Gasteiger partial charge in [-0.1, -0.05) is 19.3 Å². The van der Waals surface area contributed by atoms with Crippen molar-refractivity contribution >= 4 is 28.1 Å². The molecule has 5 rings (SSSR count). The Labute approximate surface area is 159 Å². The highest BCUT2D eigenvalue weighted by molar-refractivity contribution is 6.02. The van der Waals surface area contributed by atoms with Crippen LogP contribution in [0.5, 0.6) is 0 Å². The Morgan fingerprint density at radius 2 is 2.00 bits per heavy atom. The number of carbonyl (C=O) groups excluding carboxylic acids is 1. The number of rotatable bonds is 3. The van der Waals surface area contributed by atoms with Crippen molar-refractivity contribution in [3.05, 3.63) is 40.7 Å². The third-order valence-electron chi connectivity index (χ3n) is 5.42. The molecule has 0 saturated heterocycles. The number of imidazole rings is 2. The van der Waals surface area contributed by atoms with Crippen molar-refractivity contribution in [1.29, 1.82) is 0 Å². The van der Waals surface area contributed by atoms with Gasteiger partial charge in [0.05, 0.1) is 17.4 Å². The average Bonchev–Trinajstić information content (AvgIpc) is 3.30. The minimum atomic E-state index is -0.701. The van der Waals surface area contributed by atoms with Crippen LogP contribution in [0.25, 0.3) is 33.6 Å². The number of nitrogens with one attached hydrogen (secondary N) is 2. The molecule has 1 saturated carbocycles. The van der Waals surface area contributed by atoms with Crippen LogP contribution in [-0.2, 0) is 0 Å². The van der Waals surface area contributed by atoms with Gasteiger partial charge in [-0.05, 0) is 31.0 Å². The van der Waals surface area contributed by atoms with Crippen molar-refractivity contribution in [2.45, 2.75) is 38.1 Å². The highest BCUT2D eigenvalue weighted by Gasteiger charge is 2.24. The van der Waals surface area contributed by atoms with E-state index in [2.05, 4.69) is 24.9 Å². The van der Waals surface area contributed by atoms with Crippen LogP contribution in [0.2, 0.25) is 0 Å². The molecule has 1 fully saturated rings. The van der Waals surface area contributed by atoms with Crippen LogP contribution >= 0.6 is 0 Å². The van der Waals surface area contributed by atoms with Gasteiger partial charge in [-0.2, -0.15) is 0 Å². The van der Waals surface area contributed by atoms with Gasteiger partial charge in [0.15, 0.2) is 17.2 Å². The third-order valence-corrected chi connectivity index (χ3v) is 5.42. The van der Waals surface area contributed by atoms with Crippen LogP contribution in [0.3, 0.4) is 0 Å². The minimum absolute atomic E-state index is 0.0244. The molecular formula is C19H19N7O2. The summed E-state index contributed by atoms with van der Waals surface area (Å²) < 4.78 is 1.67. The van der Waals surface area contributed by atoms with Crippen molar-refractivity contribution in [1.82, 2.24) is 29.5 Å². The first-order chi connectivity index (χ1) is 13.6. The molecule has 1 aliphatic rings. The zero-order valence-electron chi connectivity index (χ0n) is 15.1. The van der Waals surface area contributed by atoms with Crippen LogP contribution in [0.4, 0.5) is 0 Å². The third kappa shape index (κ3) is 2.58. The molecule has 0 aliphatic heterocycles. The van der Waals surface area contributed by atoms with Crippen LogP contribution < -0.4 is 11.4 Å². The second-order valence-corrected chi connectivity index (χ2v) is 7.19. The molecule has 3 heterocycles. The maximum absolute atomic E-state index is 12.7. The number of amides is 1. The Bertz CT molecular complexity index is 1260. The Morgan fingerprint density at radius 1 is 1.18 bits per heavy atom. The lowest BCUT2D eigenvalue weighted by Gasteiger charge is -2.22. The number of fused-ring (bicyclic) bond motifs is 2. The fraction of sp³-hybridized carbons (Fsp3) is 0.316. The Balaban J connectivity index is 1.75. The predicted molar refractivity (Wildman–Crippen MR) is 104 cm³/mol. The second kappa shape index (κ2) is 6.29. The van der Waals surface area contributed by atoms with Crippen LogP contribution in [0.1, 0.15) is 48.6 Å². The SMILES string of the molecule is NC(=O)c1nc(-c2ccc3nc[nH]c3c2)nc2c1[nH]c(=O)n2C1CCCCC1. The van der Waals surface area contributed by atoms with Crippen molar-refractivity contribution in [3.8, 4) is 11.4 Å². The molecular weight excluding hydrogens is 358 g/mol. The predicted octanol–water partition coefficient (Wildman–Crippen LogP) is 2.27. The van der Waals surface area contributed by atoms with E-state index in [0.29, 0.717) is 22.6 Å². The van der Waals surface area contributed by atoms with Crippen molar-refractivity contribution in [3.63, 3.8) is 0 Å². The number of hydrogen-bond acceptors (Lipinski definition) is 5. The molecule has 4 aromatic rings. The van der Waals surface area contributed by atoms with Crippen molar-refractivity contribution in [2.75, 3.05) is 0 Å². The summed E-state index contributed by atoms with van der Waals surface area (Å²) in [6, 6.07) is 5.62. The summed E-state index contributed by atoms with van der Waals surface area (Å²) in [5, 5.41) is 0. The summed E-state index contributed by atoms with van der Waals surface area (Å²) >= 11 is 0. The molecule has 3 aromatic heterocycles. The first-order valence-electron chi connectivity index (χ1n) is 9.37. The molecule has 4 N–H and O–H groups in total. The molecule has 0 radical (unpaired) electrons. The first kappa shape index (κ1) is 16.7. The lowest BCUT2D eigenvalue weighted by atomic mass is 9.95. The summed E-state index contributed by atoms with van der Waals surface area (Å²) in [5.41, 5.74) is 8.41. The monoisotopic (exact) mass is 377 g/mol. The van der Waals surface area contributed by atoms with Crippen LogP contribution in [0, 0.1) is 0 Å². The maximum atomic E-state index is 12.7. The lowest BCUT2D eigenvalue weighted by molar-refractivity contribution is 0.0997. The largest absolute Gasteiger partial charge is 0.364 e. The average molecular weight is 377 g/mol. The fourth-order valence-electron chi connectivity index (χ4n) is 4.06. The first-order valence-corrected chi connectivity index (χ1v) is 9.37. The van der Waals surface area contributed by atoms with E-state index in [4.69, 9.17) is 5.73 Å². The number of primary amides is 1. The fourth-order valence-corrected chi connectivity index (χ4v) is 4.06. The minimum Gasteiger partial charge on any atom is -0.364 e. The molecule has 0 unspecified atom stereocenters. The summed E-state index contributed by atoms with van der Waals surface area (Å²) in [6.07, 6.45) is 6.75. The highest BCUT2D eigenvalue weighted by Crippen LogP contribution is 2.30. The molecule has 9 nitrogen and oxygen atoms in total. The quantitative estimate of drug-likeness (QED) is 0.503. The molecule has 0 atom stereocenters. The number of benzene rings is 1. The molecule has 9 heteroatoms. The van der Waals surface area contributed by atoms with Crippen LogP contribution in [0.15, 0.2) is 29.3 Å². The van der Waals surface area contributed by atoms with E-state index in [9.17, 15) is 9.59 Å². The van der Waals surface area contributed by atoms with Crippen LogP contribution in [-0.4, -0.2) is 35.4 Å². The van der Waals surface area contributed by atoms with E-state index in [0.717, 1.165) is 36.7 Å². The number of aromatic nitrogens is 6. The van der Waals surface area contributed by atoms with E-state index in [-0.39, 0.29) is 17.4 Å². The Kier molecular flexibility index (Phi) is 3.75. The summed E-state index contributed by atoms with van der Waals surface area (Å²) in [5.74, 6) is -0.352. The van der Waals surface area contributed by atoms with Gasteiger partial charge in [0.25, 0.3) is 5.91 Å². The Hall–Kier alpha value is -3.49. The maximum Gasteiger partial charge on any atom is 0.327 e. The molecule has 28 heavy (non-hydrogen) atoms. The van der Waals surface area contributed by atoms with Crippen molar-refractivity contribution < 1.29 is 4.79 Å². The molecule has 1 amide bonds. The topological polar surface area (TPSA) is 135 Å². The molecule has 1 aromatic carbocycles. The molecule has 142 valence electrons. The van der Waals surface area contributed by atoms with Gasteiger partial charge in [-0.15, -0.1) is 0 Å². The van der Waals surface area contributed by atoms with Gasteiger partial charge in [-0.3, -0.25) is 9.36 Å². The van der Waals surface area contributed by atoms with E-state index in [1.165, 1.54) is 6.42 Å². The number of nitrogens with two attached hydrogens (primary N) is 1. The van der Waals surface area contributed by atoms with Gasteiger partial charge in [0, 0.05) is 11.6 Å². The number of H-pyrrole nitrogens is 2. The number of aromatic amines is 2. The Morgan fingerprint density at radius 3 is 2.79 bits per heavy atom. The van der Waals surface area contributed by atoms with Gasteiger partial charge in [0.1, 0.15) is 5.52 Å². The molecule has 0 spiro atoms. The standard InChI is InChI=1S/C19H19N7O2/c20-16(27)14-15-18(26(19(28)24-15)11-4-2-1-3-5-11)25-17(23-14)10-6-7-12-13(8-10)22-9-21-12/h6-9,11H,1-5H2,(H2,20,27)(H,21,22)(H,24,28). The normalized spacial score (nSPS) is 15.4. The van der Waals surface area contributed by atoms with E-state index < -0.39 is 5.91 Å². The van der Waals surface area contributed by atoms with Gasteiger partial charge in [-0.25, -0.2) is 19.7 Å². The van der Waals surface area contributed by atoms with E-state index in [1.54, 1.807) is 10.9 Å². The smallest absolute Gasteiger partial charge is 0.327 e. The van der Waals surface area contributed by atoms with E-state index in [1.807, 2.05) is 18.2 Å². The number of nitrogens with zero attached hydrogens (tertiary/aromatic N) is 4. The highest BCUT2D eigenvalue weighted by atomic mass is 16.2. The van der Waals surface area contributed by atoms with E-state index >= 15 is 0 Å².